The number of alkyl halides is 2. The van der Waals surface area contributed by atoms with Crippen molar-refractivity contribution in [3.63, 3.8) is 0 Å². The summed E-state index contributed by atoms with van der Waals surface area (Å²) < 4.78 is 28.6. The summed E-state index contributed by atoms with van der Waals surface area (Å²) in [7, 11) is 1.59. The van der Waals surface area contributed by atoms with Crippen LogP contribution in [0.5, 0.6) is 5.75 Å². The molecule has 0 bridgehead atoms. The second-order valence-corrected chi connectivity index (χ2v) is 6.43. The van der Waals surface area contributed by atoms with Crippen LogP contribution in [0.1, 0.15) is 18.1 Å². The van der Waals surface area contributed by atoms with E-state index >= 15 is 0 Å². The Morgan fingerprint density at radius 1 is 1.00 bits per heavy atom. The summed E-state index contributed by atoms with van der Waals surface area (Å²) in [5, 5.41) is 2.61. The van der Waals surface area contributed by atoms with Crippen molar-refractivity contribution in [2.24, 2.45) is 0 Å². The summed E-state index contributed by atoms with van der Waals surface area (Å²) in [5.41, 5.74) is 1.76. The molecule has 1 N–H and O–H groups in total. The zero-order chi connectivity index (χ0) is 21.2. The lowest BCUT2D eigenvalue weighted by atomic mass is 10.2. The van der Waals surface area contributed by atoms with Gasteiger partial charge >= 0.3 is 12.6 Å². The Balaban J connectivity index is 1.81. The van der Waals surface area contributed by atoms with E-state index in [0.717, 1.165) is 11.1 Å². The molecule has 0 heterocycles. The molecule has 0 spiro atoms. The van der Waals surface area contributed by atoms with Gasteiger partial charge in [-0.1, -0.05) is 42.5 Å². The average molecular weight is 405 g/mol. The van der Waals surface area contributed by atoms with E-state index in [2.05, 4.69) is 10.1 Å². The van der Waals surface area contributed by atoms with Crippen molar-refractivity contribution < 1.29 is 23.1 Å². The minimum atomic E-state index is -2.88. The monoisotopic (exact) mass is 405 g/mol. The van der Waals surface area contributed by atoms with Crippen LogP contribution in [0, 0.1) is 0 Å². The second kappa shape index (κ2) is 11.0. The number of halogens is 2. The van der Waals surface area contributed by atoms with Gasteiger partial charge in [0.1, 0.15) is 5.75 Å². The first-order valence-electron chi connectivity index (χ1n) is 9.23. The van der Waals surface area contributed by atoms with Crippen LogP contribution >= 0.6 is 0 Å². The maximum absolute atomic E-state index is 12.4. The fourth-order valence-corrected chi connectivity index (χ4v) is 2.70. The minimum Gasteiger partial charge on any atom is -0.435 e. The summed E-state index contributed by atoms with van der Waals surface area (Å²) in [6.07, 6.45) is 0. The lowest BCUT2D eigenvalue weighted by Crippen LogP contribution is -2.44. The lowest BCUT2D eigenvalue weighted by Gasteiger charge is -2.23. The molecule has 0 radical (unpaired) electrons. The van der Waals surface area contributed by atoms with Gasteiger partial charge in [0.25, 0.3) is 0 Å². The van der Waals surface area contributed by atoms with Crippen molar-refractivity contribution in [3.05, 3.63) is 65.7 Å². The fraction of sp³-hybridized carbons (Fsp3) is 0.333. The van der Waals surface area contributed by atoms with Gasteiger partial charge in [-0.3, -0.25) is 4.79 Å². The summed E-state index contributed by atoms with van der Waals surface area (Å²) >= 11 is 0. The molecule has 0 atom stereocenters. The van der Waals surface area contributed by atoms with Crippen LogP contribution in [0.2, 0.25) is 0 Å². The number of nitrogens with zero attached hydrogens (tertiary/aromatic N) is 2. The maximum Gasteiger partial charge on any atom is 0.387 e. The van der Waals surface area contributed by atoms with E-state index in [1.54, 1.807) is 24.1 Å². The van der Waals surface area contributed by atoms with E-state index < -0.39 is 12.6 Å². The number of likely N-dealkylation sites (N-methyl/N-ethyl adjacent to an activating group) is 1. The average Bonchev–Trinajstić information content (AvgIpc) is 2.71. The molecular weight excluding hydrogens is 380 g/mol. The number of benzene rings is 2. The number of rotatable bonds is 9. The van der Waals surface area contributed by atoms with Gasteiger partial charge in [-0.25, -0.2) is 4.79 Å². The molecule has 6 nitrogen and oxygen atoms in total. The molecule has 2 aromatic rings. The van der Waals surface area contributed by atoms with Crippen LogP contribution in [0.15, 0.2) is 54.6 Å². The Bertz CT molecular complexity index is 786. The highest BCUT2D eigenvalue weighted by Crippen LogP contribution is 2.15. The van der Waals surface area contributed by atoms with Gasteiger partial charge in [-0.15, -0.1) is 0 Å². The third-order valence-electron chi connectivity index (χ3n) is 4.26. The van der Waals surface area contributed by atoms with Crippen LogP contribution < -0.4 is 10.1 Å². The van der Waals surface area contributed by atoms with Gasteiger partial charge < -0.3 is 19.9 Å². The number of carbonyl (C=O) groups is 2. The number of amides is 3. The van der Waals surface area contributed by atoms with E-state index in [4.69, 9.17) is 0 Å². The Labute approximate surface area is 169 Å². The molecule has 0 aliphatic heterocycles. The Morgan fingerprint density at radius 2 is 1.62 bits per heavy atom. The van der Waals surface area contributed by atoms with Gasteiger partial charge in [0.2, 0.25) is 5.91 Å². The smallest absolute Gasteiger partial charge is 0.387 e. The van der Waals surface area contributed by atoms with Crippen molar-refractivity contribution in [2.45, 2.75) is 26.6 Å². The van der Waals surface area contributed by atoms with Crippen LogP contribution in [-0.4, -0.2) is 48.5 Å². The third-order valence-corrected chi connectivity index (χ3v) is 4.26. The standard InChI is InChI=1S/C21H25F2N3O3/c1-3-26(15-16-7-5-4-6-8-16)19(27)13-24-21(28)25(2)14-17-9-11-18(12-10-17)29-20(22)23/h4-12,20H,3,13-15H2,1-2H3,(H,24,28). The molecule has 29 heavy (non-hydrogen) atoms. The largest absolute Gasteiger partial charge is 0.435 e. The molecule has 3 amide bonds. The summed E-state index contributed by atoms with van der Waals surface area (Å²) in [4.78, 5) is 27.7. The van der Waals surface area contributed by atoms with Gasteiger partial charge in [0.05, 0.1) is 6.54 Å². The highest BCUT2D eigenvalue weighted by molar-refractivity contribution is 5.83. The molecule has 0 saturated heterocycles. The van der Waals surface area contributed by atoms with Gasteiger partial charge in [0, 0.05) is 26.7 Å². The predicted molar refractivity (Wildman–Crippen MR) is 105 cm³/mol. The molecule has 2 aromatic carbocycles. The molecule has 0 unspecified atom stereocenters. The van der Waals surface area contributed by atoms with Crippen molar-refractivity contribution >= 4 is 11.9 Å². The first-order valence-corrected chi connectivity index (χ1v) is 9.23. The first-order chi connectivity index (χ1) is 13.9. The van der Waals surface area contributed by atoms with E-state index in [-0.39, 0.29) is 24.7 Å². The number of carbonyl (C=O) groups excluding carboxylic acids is 2. The topological polar surface area (TPSA) is 61.9 Å². The highest BCUT2D eigenvalue weighted by Gasteiger charge is 2.15. The SMILES string of the molecule is CCN(Cc1ccccc1)C(=O)CNC(=O)N(C)Cc1ccc(OC(F)F)cc1. The quantitative estimate of drug-likeness (QED) is 0.695. The second-order valence-electron chi connectivity index (χ2n) is 6.43. The summed E-state index contributed by atoms with van der Waals surface area (Å²) in [6.45, 7) is 0.176. The number of urea groups is 1. The summed E-state index contributed by atoms with van der Waals surface area (Å²) in [5.74, 6) is -0.119. The Morgan fingerprint density at radius 3 is 2.21 bits per heavy atom. The zero-order valence-corrected chi connectivity index (χ0v) is 16.5. The van der Waals surface area contributed by atoms with Gasteiger partial charge in [-0.2, -0.15) is 8.78 Å². The molecule has 0 fully saturated rings. The molecule has 0 saturated carbocycles. The molecule has 2 rings (SSSR count). The number of hydrogen-bond donors (Lipinski definition) is 1. The first kappa shape index (κ1) is 22.1. The van der Waals surface area contributed by atoms with Crippen molar-refractivity contribution in [1.29, 1.82) is 0 Å². The molecular formula is C21H25F2N3O3. The molecule has 156 valence electrons. The molecule has 0 aliphatic carbocycles. The third kappa shape index (κ3) is 7.40. The van der Waals surface area contributed by atoms with E-state index in [9.17, 15) is 18.4 Å². The van der Waals surface area contributed by atoms with E-state index in [0.29, 0.717) is 13.1 Å². The van der Waals surface area contributed by atoms with Crippen LogP contribution in [-0.2, 0) is 17.9 Å². The zero-order valence-electron chi connectivity index (χ0n) is 16.5. The highest BCUT2D eigenvalue weighted by atomic mass is 19.3. The normalized spacial score (nSPS) is 10.5. The van der Waals surface area contributed by atoms with Crippen LogP contribution in [0.25, 0.3) is 0 Å². The van der Waals surface area contributed by atoms with Gasteiger partial charge in [0.15, 0.2) is 0 Å². The fourth-order valence-electron chi connectivity index (χ4n) is 2.70. The van der Waals surface area contributed by atoms with Crippen molar-refractivity contribution in [1.82, 2.24) is 15.1 Å². The van der Waals surface area contributed by atoms with E-state index in [1.807, 2.05) is 37.3 Å². The number of hydrogen-bond acceptors (Lipinski definition) is 3. The Kier molecular flexibility index (Phi) is 8.39. The predicted octanol–water partition coefficient (Wildman–Crippen LogP) is 3.48. The van der Waals surface area contributed by atoms with Crippen LogP contribution in [0.4, 0.5) is 13.6 Å². The molecule has 8 heteroatoms. The summed E-state index contributed by atoms with van der Waals surface area (Å²) in [6, 6.07) is 15.3. The maximum atomic E-state index is 12.4. The lowest BCUT2D eigenvalue weighted by molar-refractivity contribution is -0.130. The van der Waals surface area contributed by atoms with Gasteiger partial charge in [-0.05, 0) is 30.2 Å². The number of ether oxygens (including phenoxy) is 1. The number of nitrogens with one attached hydrogen (secondary N) is 1. The van der Waals surface area contributed by atoms with Crippen molar-refractivity contribution in [2.75, 3.05) is 20.1 Å². The minimum absolute atomic E-state index is 0.0551. The van der Waals surface area contributed by atoms with Crippen LogP contribution in [0.3, 0.4) is 0 Å². The Hall–Kier alpha value is -3.16. The molecule has 0 aromatic heterocycles. The van der Waals surface area contributed by atoms with Crippen molar-refractivity contribution in [3.8, 4) is 5.75 Å². The molecule has 0 aliphatic rings. The van der Waals surface area contributed by atoms with E-state index in [1.165, 1.54) is 17.0 Å².